The van der Waals surface area contributed by atoms with Crippen molar-refractivity contribution in [2.75, 3.05) is 39.5 Å². The Morgan fingerprint density at radius 3 is 1.09 bits per heavy atom. The predicted molar refractivity (Wildman–Crippen MR) is 471 cm³/mol. The van der Waals surface area contributed by atoms with Crippen LogP contribution in [-0.4, -0.2) is 211 Å². The van der Waals surface area contributed by atoms with Crippen LogP contribution in [0.5, 0.6) is 34.9 Å². The zero-order valence-electron chi connectivity index (χ0n) is 77.6. The quantitative estimate of drug-likeness (QED) is 0.0894. The van der Waals surface area contributed by atoms with Gasteiger partial charge < -0.3 is 87.7 Å². The Kier molecular flexibility index (Phi) is 35.3. The van der Waals surface area contributed by atoms with E-state index in [9.17, 15) is 43.2 Å². The molecule has 3 saturated carbocycles. The first kappa shape index (κ1) is 103. The first-order valence-corrected chi connectivity index (χ1v) is 45.9. The third-order valence-corrected chi connectivity index (χ3v) is 26.6. The van der Waals surface area contributed by atoms with Gasteiger partial charge in [-0.15, -0.1) is 0 Å². The molecular formula is C96H129N12O18V3-3. The van der Waals surface area contributed by atoms with Gasteiger partial charge in [0.15, 0.2) is 0 Å². The van der Waals surface area contributed by atoms with Gasteiger partial charge in [-0.3, -0.25) is 14.4 Å². The van der Waals surface area contributed by atoms with Gasteiger partial charge in [0, 0.05) is 79.8 Å². The molecule has 6 aliphatic heterocycles. The van der Waals surface area contributed by atoms with Gasteiger partial charge in [0.05, 0.1) is 72.6 Å². The number of benzene rings is 3. The van der Waals surface area contributed by atoms with E-state index in [4.69, 9.17) is 72.5 Å². The molecule has 129 heavy (non-hydrogen) atoms. The fourth-order valence-corrected chi connectivity index (χ4v) is 18.8. The van der Waals surface area contributed by atoms with Crippen molar-refractivity contribution in [3.8, 4) is 34.9 Å². The fraction of sp³-hybridized carbons (Fsp3) is 0.656. The third-order valence-electron chi connectivity index (χ3n) is 26.6. The number of hydrogen-bond donors (Lipinski definition) is 3. The Hall–Kier alpha value is -8.54. The summed E-state index contributed by atoms with van der Waals surface area (Å²) in [6.07, 6.45) is 20.9. The van der Waals surface area contributed by atoms with Gasteiger partial charge in [0.25, 0.3) is 0 Å². The van der Waals surface area contributed by atoms with Crippen molar-refractivity contribution in [1.82, 2.24) is 60.6 Å². The molecule has 6 aromatic rings. The fourth-order valence-electron chi connectivity index (χ4n) is 18.8. The number of rotatable bonds is 9. The molecule has 3 saturated heterocycles. The number of nitrogens with one attached hydrogen (secondary N) is 3. The number of aryl methyl sites for hydroxylation is 3. The Bertz CT molecular complexity index is 4940. The second-order valence-corrected chi connectivity index (χ2v) is 39.2. The van der Waals surface area contributed by atoms with Crippen molar-refractivity contribution < 1.29 is 141 Å². The van der Waals surface area contributed by atoms with Crippen molar-refractivity contribution in [3.63, 3.8) is 0 Å². The Balaban J connectivity index is 0.000000199. The van der Waals surface area contributed by atoms with Crippen molar-refractivity contribution in [2.45, 2.75) is 312 Å². The van der Waals surface area contributed by atoms with Crippen LogP contribution in [0.15, 0.2) is 54.6 Å². The molecule has 3 N–H and O–H groups in total. The summed E-state index contributed by atoms with van der Waals surface area (Å²) in [5, 5.41) is 8.49. The van der Waals surface area contributed by atoms with E-state index in [1.807, 2.05) is 165 Å². The van der Waals surface area contributed by atoms with Gasteiger partial charge in [-0.2, -0.15) is 0 Å². The number of aromatic nitrogens is 6. The molecule has 6 amide bonds. The van der Waals surface area contributed by atoms with Crippen molar-refractivity contribution in [3.05, 3.63) is 71.7 Å². The van der Waals surface area contributed by atoms with Gasteiger partial charge in [-0.05, 0) is 200 Å². The summed E-state index contributed by atoms with van der Waals surface area (Å²) < 4.78 is 54.0. The number of hydrogen-bond acceptors (Lipinski definition) is 24. The summed E-state index contributed by atoms with van der Waals surface area (Å²) in [6.45, 7) is 32.4. The molecule has 6 fully saturated rings. The molecule has 15 rings (SSSR count). The van der Waals surface area contributed by atoms with E-state index in [1.54, 1.807) is 0 Å². The summed E-state index contributed by atoms with van der Waals surface area (Å²) in [5.74, 6) is 2.16. The minimum absolute atomic E-state index is 0. The van der Waals surface area contributed by atoms with Crippen molar-refractivity contribution >= 4 is 88.0 Å². The number of fused-ring (bicyclic) bond motifs is 15. The average Bonchev–Trinajstić information content (AvgIpc) is 1.62. The van der Waals surface area contributed by atoms with Crippen LogP contribution in [0.25, 0.3) is 33.1 Å². The van der Waals surface area contributed by atoms with E-state index in [0.717, 1.165) is 143 Å². The van der Waals surface area contributed by atoms with E-state index in [2.05, 4.69) is 34.8 Å². The van der Waals surface area contributed by atoms with Crippen LogP contribution in [0.3, 0.4) is 0 Å². The van der Waals surface area contributed by atoms with E-state index < -0.39 is 94.7 Å². The maximum atomic E-state index is 14.0. The summed E-state index contributed by atoms with van der Waals surface area (Å²) in [6, 6.07) is 11.8. The molecule has 3 radical (unpaired) electrons. The number of carbonyl (C=O) groups is 6. The molecule has 18 atom stereocenters. The standard InChI is InChI=1S/C33H45N4O6.C32H43N4O6.C31H41N4O6.3V/c1-6-41-22-15-16-23-25(17-22)35-30-24(34-23)13-9-7-8-11-21-12-10-14-27(21)43-32(40)36-29(33(3,4)5)31(39)37-18-28(42-30)20(2)26(37)19-38;1-7-40-21-13-14-22-24(15-21)34-28-23(33-22)12-10-8-9-11-20-16-32(20,6)42-30(39)35-27(31(3,4)5)29(38)36-17-26(41-28)19(2)25(36)18-37;1-6-39-20-12-13-21-23(15-20)33-28-22(32-21)11-9-7-8-10-19-14-25(19)41-30(38)34-27(31(3,4)5)29(37)35-16-26(40-28)18(2)24(35)17-36;;;/h15-17,20-21,26-29H,6-14,18H2,1-5H3,(H,36,40);13-15,19-20,25-27H,7-12,16-17H2,1-6H3,(H,35,39);12-13,15,18-19,24-27H,6-11,14,16H2,1-5H3,(H,34,38);;;/q3*-1;;;/t20-,21+,26+,27+,28-,29+;19-,20+,25+,26-,27+,32+;18-,19+,24+,25+,26-,27+;;;/m000.../s1. The Morgan fingerprint density at radius 2 is 0.736 bits per heavy atom. The smallest absolute Gasteiger partial charge is 0.408 e. The van der Waals surface area contributed by atoms with E-state index in [0.29, 0.717) is 108 Å². The minimum Gasteiger partial charge on any atom is -0.540 e. The first-order valence-electron chi connectivity index (χ1n) is 45.9. The molecule has 0 unspecified atom stereocenters. The Morgan fingerprint density at radius 1 is 0.403 bits per heavy atom. The van der Waals surface area contributed by atoms with Gasteiger partial charge in [0.1, 0.15) is 88.6 Å². The van der Waals surface area contributed by atoms with E-state index >= 15 is 0 Å². The second-order valence-electron chi connectivity index (χ2n) is 39.2. The zero-order valence-corrected chi connectivity index (χ0v) is 81.8. The number of amides is 6. The maximum Gasteiger partial charge on any atom is 0.408 e. The summed E-state index contributed by atoms with van der Waals surface area (Å²) in [5.41, 5.74) is 4.13. The molecule has 3 aromatic carbocycles. The zero-order chi connectivity index (χ0) is 90.3. The van der Waals surface area contributed by atoms with Crippen LogP contribution in [-0.2, 0) is 118 Å². The SMILES string of the molecule is CCOc1ccc2nc3c(nc2c1)O[C@H]1CN(C(=O)[C@H](C(C)(C)C)NC(=O)O[C@@H]2CCC[C@H]2CCCCC3)[C@H]([C-]=O)[C@@H]1C.CCOc1ccc2nc3c(nc2c1)O[C@H]1CN(C(=O)[C@H](C(C)(C)C)NC(=O)O[C@@H]2C[C@H]2CCCCC3)[C@H]([C-]=O)[C@@H]1C.CCOc1ccc2nc3c(nc2c1)O[C@H]1CN(C(=O)[C@H](C(C)(C)C)NC(=O)O[C@]2(C)C[C@H]2CCCCC3)[C@H]([C-]=O)[C@@H]1C.[V].[V].[V]. The molecule has 9 heterocycles. The molecule has 33 heteroatoms. The predicted octanol–water partition coefficient (Wildman–Crippen LogP) is 14.3. The van der Waals surface area contributed by atoms with Gasteiger partial charge in [-0.25, -0.2) is 63.1 Å². The van der Waals surface area contributed by atoms with E-state index in [-0.39, 0.29) is 123 Å². The molecule has 30 nitrogen and oxygen atoms in total. The van der Waals surface area contributed by atoms with Crippen molar-refractivity contribution in [1.29, 1.82) is 0 Å². The van der Waals surface area contributed by atoms with Crippen LogP contribution in [0, 0.1) is 51.8 Å². The molecule has 3 aliphatic carbocycles. The van der Waals surface area contributed by atoms with Crippen LogP contribution < -0.4 is 44.4 Å². The third kappa shape index (κ3) is 24.9. The topological polar surface area (TPSA) is 360 Å². The average molecular weight is 1890 g/mol. The Labute approximate surface area is 794 Å². The van der Waals surface area contributed by atoms with Crippen LogP contribution in [0.1, 0.15) is 237 Å². The normalized spacial score (nSPS) is 28.9. The molecule has 3 aromatic heterocycles. The number of carbonyl (C=O) groups excluding carboxylic acids is 9. The number of nitrogens with zero attached hydrogens (tertiary/aromatic N) is 9. The summed E-state index contributed by atoms with van der Waals surface area (Å²) in [7, 11) is 0. The van der Waals surface area contributed by atoms with Crippen molar-refractivity contribution in [2.24, 2.45) is 51.8 Å². The summed E-state index contributed by atoms with van der Waals surface area (Å²) >= 11 is 0. The number of alkyl carbamates (subject to hydrolysis) is 3. The number of ether oxygens (including phenoxy) is 9. The molecule has 6 bridgehead atoms. The van der Waals surface area contributed by atoms with Gasteiger partial charge >= 0.3 is 18.3 Å². The first-order chi connectivity index (χ1) is 60.1. The van der Waals surface area contributed by atoms with E-state index in [1.165, 1.54) is 14.7 Å². The summed E-state index contributed by atoms with van der Waals surface area (Å²) in [4.78, 5) is 151. The second kappa shape index (κ2) is 44.3. The van der Waals surface area contributed by atoms with Gasteiger partial charge in [0.2, 0.25) is 35.4 Å². The van der Waals surface area contributed by atoms with Crippen LogP contribution in [0.2, 0.25) is 0 Å². The largest absolute Gasteiger partial charge is 0.540 e. The minimum atomic E-state index is -0.903. The molecule has 0 spiro atoms. The molecular weight excluding hydrogens is 1760 g/mol. The maximum absolute atomic E-state index is 14.0. The van der Waals surface area contributed by atoms with Gasteiger partial charge in [-0.1, -0.05) is 140 Å². The molecule has 9 aliphatic rings. The molecule has 699 valence electrons. The monoisotopic (exact) mass is 1890 g/mol. The van der Waals surface area contributed by atoms with Crippen LogP contribution >= 0.6 is 0 Å². The van der Waals surface area contributed by atoms with Crippen LogP contribution in [0.4, 0.5) is 14.4 Å².